The van der Waals surface area contributed by atoms with Crippen molar-refractivity contribution >= 4 is 11.6 Å². The van der Waals surface area contributed by atoms with Crippen LogP contribution in [0.25, 0.3) is 0 Å². The van der Waals surface area contributed by atoms with Crippen LogP contribution < -0.4 is 5.56 Å². The largest absolute Gasteiger partial charge is 0.340 e. The smallest absolute Gasteiger partial charge is 0.286 e. The van der Waals surface area contributed by atoms with Crippen molar-refractivity contribution in [2.24, 2.45) is 0 Å². The summed E-state index contributed by atoms with van der Waals surface area (Å²) in [6.07, 6.45) is 1.10. The maximum absolute atomic E-state index is 12.3. The molecule has 0 aliphatic heterocycles. The summed E-state index contributed by atoms with van der Waals surface area (Å²) in [5, 5.41) is 10.9. The number of benzene rings is 1. The summed E-state index contributed by atoms with van der Waals surface area (Å²) in [5.41, 5.74) is 0.585. The molecule has 7 nitrogen and oxygen atoms in total. The minimum atomic E-state index is -0.582. The summed E-state index contributed by atoms with van der Waals surface area (Å²) in [7, 11) is 1.63. The zero-order chi connectivity index (χ0) is 17.0. The molecule has 0 radical (unpaired) electrons. The molecular weight excluding hydrogens is 298 g/mol. The van der Waals surface area contributed by atoms with Crippen LogP contribution in [0.5, 0.6) is 0 Å². The highest BCUT2D eigenvalue weighted by atomic mass is 16.6. The summed E-state index contributed by atoms with van der Waals surface area (Å²) < 4.78 is 1.08. The number of carbonyl (C=O) groups excluding carboxylic acids is 1. The molecular formula is C16H17N3O4. The van der Waals surface area contributed by atoms with Gasteiger partial charge in [-0.2, -0.15) is 0 Å². The highest BCUT2D eigenvalue weighted by Gasteiger charge is 2.15. The van der Waals surface area contributed by atoms with E-state index in [-0.39, 0.29) is 23.7 Å². The number of nitro groups is 1. The second-order valence-corrected chi connectivity index (χ2v) is 5.31. The molecule has 1 aromatic carbocycles. The Labute approximate surface area is 132 Å². The first-order valence-corrected chi connectivity index (χ1v) is 7.02. The molecule has 7 heteroatoms. The van der Waals surface area contributed by atoms with Crippen LogP contribution in [-0.2, 0) is 17.9 Å². The Morgan fingerprint density at radius 2 is 1.96 bits per heavy atom. The molecule has 1 aromatic heterocycles. The van der Waals surface area contributed by atoms with Crippen LogP contribution in [0.3, 0.4) is 0 Å². The average Bonchev–Trinajstić information content (AvgIpc) is 2.52. The number of nitrogens with zero attached hydrogens (tertiary/aromatic N) is 3. The third-order valence-corrected chi connectivity index (χ3v) is 3.46. The molecule has 0 unspecified atom stereocenters. The van der Waals surface area contributed by atoms with Gasteiger partial charge in [0.1, 0.15) is 6.54 Å². The van der Waals surface area contributed by atoms with E-state index in [2.05, 4.69) is 0 Å². The number of amides is 1. The molecule has 0 spiro atoms. The molecule has 0 saturated carbocycles. The molecule has 0 N–H and O–H groups in total. The van der Waals surface area contributed by atoms with Gasteiger partial charge in [0, 0.05) is 25.2 Å². The Bertz CT molecular complexity index is 784. The van der Waals surface area contributed by atoms with Crippen LogP contribution in [0, 0.1) is 17.0 Å². The summed E-state index contributed by atoms with van der Waals surface area (Å²) in [6, 6.07) is 10.6. The van der Waals surface area contributed by atoms with Gasteiger partial charge in [-0.15, -0.1) is 0 Å². The van der Waals surface area contributed by atoms with Gasteiger partial charge in [0.05, 0.1) is 11.1 Å². The molecule has 0 atom stereocenters. The number of rotatable bonds is 5. The molecule has 0 saturated heterocycles. The minimum Gasteiger partial charge on any atom is -0.340 e. The number of hydrogen-bond donors (Lipinski definition) is 0. The number of hydrogen-bond acceptors (Lipinski definition) is 4. The van der Waals surface area contributed by atoms with E-state index in [1.54, 1.807) is 7.05 Å². The Morgan fingerprint density at radius 3 is 2.57 bits per heavy atom. The van der Waals surface area contributed by atoms with E-state index in [1.165, 1.54) is 17.9 Å². The van der Waals surface area contributed by atoms with Crippen molar-refractivity contribution < 1.29 is 9.72 Å². The van der Waals surface area contributed by atoms with Crippen molar-refractivity contribution in [2.75, 3.05) is 7.05 Å². The highest BCUT2D eigenvalue weighted by molar-refractivity contribution is 5.75. The first kappa shape index (κ1) is 16.4. The number of aryl methyl sites for hydroxylation is 1. The van der Waals surface area contributed by atoms with E-state index in [0.29, 0.717) is 6.54 Å². The Morgan fingerprint density at radius 1 is 1.30 bits per heavy atom. The van der Waals surface area contributed by atoms with Crippen LogP contribution in [0.15, 0.2) is 47.4 Å². The maximum atomic E-state index is 12.3. The van der Waals surface area contributed by atoms with Crippen LogP contribution >= 0.6 is 0 Å². The van der Waals surface area contributed by atoms with Gasteiger partial charge in [0.15, 0.2) is 0 Å². The highest BCUT2D eigenvalue weighted by Crippen LogP contribution is 2.10. The molecule has 0 fully saturated rings. The third-order valence-electron chi connectivity index (χ3n) is 3.46. The first-order valence-electron chi connectivity index (χ1n) is 7.02. The van der Waals surface area contributed by atoms with E-state index in [1.807, 2.05) is 30.3 Å². The fourth-order valence-electron chi connectivity index (χ4n) is 2.19. The molecule has 120 valence electrons. The van der Waals surface area contributed by atoms with Gasteiger partial charge in [-0.05, 0) is 12.5 Å². The normalized spacial score (nSPS) is 10.3. The summed E-state index contributed by atoms with van der Waals surface area (Å²) in [4.78, 5) is 36.1. The predicted octanol–water partition coefficient (Wildman–Crippen LogP) is 1.72. The van der Waals surface area contributed by atoms with Gasteiger partial charge in [0.2, 0.25) is 5.91 Å². The Hall–Kier alpha value is -2.96. The van der Waals surface area contributed by atoms with Crippen molar-refractivity contribution in [2.45, 2.75) is 20.0 Å². The van der Waals surface area contributed by atoms with Gasteiger partial charge < -0.3 is 4.90 Å². The molecule has 1 amide bonds. The van der Waals surface area contributed by atoms with Crippen LogP contribution in [0.1, 0.15) is 11.1 Å². The van der Waals surface area contributed by atoms with E-state index >= 15 is 0 Å². The van der Waals surface area contributed by atoms with E-state index in [9.17, 15) is 19.7 Å². The third kappa shape index (κ3) is 4.03. The molecule has 0 aliphatic carbocycles. The average molecular weight is 315 g/mol. The number of likely N-dealkylation sites (N-methyl/N-ethyl adjacent to an activating group) is 1. The van der Waals surface area contributed by atoms with Gasteiger partial charge in [-0.25, -0.2) is 0 Å². The van der Waals surface area contributed by atoms with Gasteiger partial charge in [-0.1, -0.05) is 30.3 Å². The van der Waals surface area contributed by atoms with Crippen molar-refractivity contribution in [1.82, 2.24) is 9.47 Å². The Balaban J connectivity index is 2.16. The van der Waals surface area contributed by atoms with Crippen LogP contribution in [0.2, 0.25) is 0 Å². The molecule has 0 bridgehead atoms. The van der Waals surface area contributed by atoms with Crippen molar-refractivity contribution in [1.29, 1.82) is 0 Å². The fourth-order valence-corrected chi connectivity index (χ4v) is 2.19. The standard InChI is InChI=1S/C16H17N3O4/c1-12-8-14(19(22)23)10-18(16(12)21)11-15(20)17(2)9-13-6-4-3-5-7-13/h3-8,10H,9,11H2,1-2H3. The quantitative estimate of drug-likeness (QED) is 0.621. The fraction of sp³-hybridized carbons (Fsp3) is 0.250. The summed E-state index contributed by atoms with van der Waals surface area (Å²) in [5.74, 6) is -0.296. The lowest BCUT2D eigenvalue weighted by atomic mass is 10.2. The lowest BCUT2D eigenvalue weighted by Gasteiger charge is -2.18. The molecule has 0 aliphatic rings. The molecule has 2 aromatic rings. The van der Waals surface area contributed by atoms with Gasteiger partial charge in [0.25, 0.3) is 11.2 Å². The monoisotopic (exact) mass is 315 g/mol. The molecule has 2 rings (SSSR count). The number of pyridine rings is 1. The minimum absolute atomic E-state index is 0.208. The van der Waals surface area contributed by atoms with E-state index in [0.717, 1.165) is 16.3 Å². The first-order chi connectivity index (χ1) is 10.9. The lowest BCUT2D eigenvalue weighted by Crippen LogP contribution is -2.34. The van der Waals surface area contributed by atoms with Crippen molar-refractivity contribution in [3.8, 4) is 0 Å². The van der Waals surface area contributed by atoms with E-state index < -0.39 is 10.5 Å². The topological polar surface area (TPSA) is 85.4 Å². The SMILES string of the molecule is Cc1cc([N+](=O)[O-])cn(CC(=O)N(C)Cc2ccccc2)c1=O. The maximum Gasteiger partial charge on any atom is 0.286 e. The Kier molecular flexibility index (Phi) is 4.90. The predicted molar refractivity (Wildman–Crippen MR) is 85.0 cm³/mol. The number of carbonyl (C=O) groups is 1. The zero-order valence-electron chi connectivity index (χ0n) is 12.9. The van der Waals surface area contributed by atoms with Crippen LogP contribution in [-0.4, -0.2) is 27.3 Å². The second-order valence-electron chi connectivity index (χ2n) is 5.31. The molecule has 1 heterocycles. The summed E-state index contributed by atoms with van der Waals surface area (Å²) >= 11 is 0. The van der Waals surface area contributed by atoms with Crippen molar-refractivity contribution in [3.63, 3.8) is 0 Å². The van der Waals surface area contributed by atoms with Gasteiger partial charge >= 0.3 is 0 Å². The van der Waals surface area contributed by atoms with Gasteiger partial charge in [-0.3, -0.25) is 24.3 Å². The zero-order valence-corrected chi connectivity index (χ0v) is 12.9. The second kappa shape index (κ2) is 6.87. The summed E-state index contributed by atoms with van der Waals surface area (Å²) in [6.45, 7) is 1.66. The lowest BCUT2D eigenvalue weighted by molar-refractivity contribution is -0.385. The van der Waals surface area contributed by atoms with Crippen molar-refractivity contribution in [3.05, 3.63) is 74.2 Å². The molecule has 23 heavy (non-hydrogen) atoms. The van der Waals surface area contributed by atoms with E-state index in [4.69, 9.17) is 0 Å². The number of aromatic nitrogens is 1. The van der Waals surface area contributed by atoms with Crippen LogP contribution in [0.4, 0.5) is 5.69 Å².